The predicted octanol–water partition coefficient (Wildman–Crippen LogP) is 6.41. The zero-order chi connectivity index (χ0) is 29.9. The van der Waals surface area contributed by atoms with E-state index in [1.807, 2.05) is 6.07 Å². The van der Waals surface area contributed by atoms with Crippen LogP contribution in [0.4, 0.5) is 14.5 Å². The predicted molar refractivity (Wildman–Crippen MR) is 158 cm³/mol. The second kappa shape index (κ2) is 11.3. The van der Waals surface area contributed by atoms with Crippen LogP contribution in [0.1, 0.15) is 67.8 Å². The van der Waals surface area contributed by atoms with Crippen LogP contribution in [0, 0.1) is 17.6 Å². The first kappa shape index (κ1) is 28.9. The summed E-state index contributed by atoms with van der Waals surface area (Å²) in [6.07, 6.45) is 5.29. The van der Waals surface area contributed by atoms with Crippen LogP contribution in [0.2, 0.25) is 5.02 Å². The Morgan fingerprint density at radius 1 is 1.09 bits per heavy atom. The largest absolute Gasteiger partial charge is 0.373 e. The van der Waals surface area contributed by atoms with E-state index in [9.17, 15) is 17.6 Å². The topological polar surface area (TPSA) is 89.7 Å². The van der Waals surface area contributed by atoms with Gasteiger partial charge in [-0.05, 0) is 74.8 Å². The second-order valence-electron chi connectivity index (χ2n) is 12.5. The van der Waals surface area contributed by atoms with Gasteiger partial charge in [0.2, 0.25) is 0 Å². The van der Waals surface area contributed by atoms with Crippen LogP contribution in [0.15, 0.2) is 40.9 Å². The molecular formula is C32H33ClF2N2O5S. The smallest absolute Gasteiger partial charge is 0.160 e. The van der Waals surface area contributed by atoms with Gasteiger partial charge in [0.15, 0.2) is 9.84 Å². The van der Waals surface area contributed by atoms with Crippen molar-refractivity contribution in [1.82, 2.24) is 5.16 Å². The van der Waals surface area contributed by atoms with Crippen molar-refractivity contribution in [3.05, 3.63) is 69.9 Å². The highest BCUT2D eigenvalue weighted by molar-refractivity contribution is 7.93. The molecule has 1 aliphatic heterocycles. The van der Waals surface area contributed by atoms with E-state index < -0.39 is 21.4 Å². The maximum atomic E-state index is 15.3. The van der Waals surface area contributed by atoms with Crippen LogP contribution in [0.5, 0.6) is 0 Å². The summed E-state index contributed by atoms with van der Waals surface area (Å²) in [6.45, 7) is 0.904. The number of ether oxygens (including phenoxy) is 1. The Bertz CT molecular complexity index is 1650. The van der Waals surface area contributed by atoms with Crippen LogP contribution in [-0.2, 0) is 32.4 Å². The molecule has 1 saturated heterocycles. The number of hydrogen-bond donors (Lipinski definition) is 0. The zero-order valence-electron chi connectivity index (χ0n) is 23.6. The summed E-state index contributed by atoms with van der Waals surface area (Å²) < 4.78 is 66.2. The number of anilines is 1. The van der Waals surface area contributed by atoms with Crippen molar-refractivity contribution in [3.63, 3.8) is 0 Å². The molecule has 0 N–H and O–H groups in total. The molecule has 228 valence electrons. The van der Waals surface area contributed by atoms with Gasteiger partial charge in [-0.1, -0.05) is 28.9 Å². The summed E-state index contributed by atoms with van der Waals surface area (Å²) in [5.41, 5.74) is 2.57. The summed E-state index contributed by atoms with van der Waals surface area (Å²) in [5.74, 6) is -0.311. The van der Waals surface area contributed by atoms with Crippen molar-refractivity contribution in [2.45, 2.75) is 81.3 Å². The molecule has 3 atom stereocenters. The molecule has 2 heterocycles. The number of sulfone groups is 1. The van der Waals surface area contributed by atoms with Crippen molar-refractivity contribution in [2.24, 2.45) is 5.92 Å². The zero-order valence-corrected chi connectivity index (χ0v) is 25.2. The first-order chi connectivity index (χ1) is 20.7. The maximum Gasteiger partial charge on any atom is 0.160 e. The fourth-order valence-electron chi connectivity index (χ4n) is 6.71. The van der Waals surface area contributed by atoms with Gasteiger partial charge in [-0.3, -0.25) is 4.79 Å². The molecule has 0 unspecified atom stereocenters. The molecule has 4 aliphatic rings. The van der Waals surface area contributed by atoms with Gasteiger partial charge >= 0.3 is 0 Å². The Labute approximate surface area is 254 Å². The molecule has 0 radical (unpaired) electrons. The second-order valence-corrected chi connectivity index (χ2v) is 15.2. The van der Waals surface area contributed by atoms with Crippen LogP contribution >= 0.6 is 11.6 Å². The average Bonchev–Trinajstić information content (AvgIpc) is 3.89. The van der Waals surface area contributed by atoms with Gasteiger partial charge in [-0.15, -0.1) is 0 Å². The van der Waals surface area contributed by atoms with E-state index in [0.717, 1.165) is 37.0 Å². The Morgan fingerprint density at radius 2 is 1.91 bits per heavy atom. The van der Waals surface area contributed by atoms with Gasteiger partial charge in [0.05, 0.1) is 34.2 Å². The molecule has 1 aromatic heterocycles. The van der Waals surface area contributed by atoms with E-state index in [0.29, 0.717) is 42.8 Å². The number of carbonyl (C=O) groups excluding carboxylic acids is 1. The number of hydrogen-bond acceptors (Lipinski definition) is 7. The molecule has 2 bridgehead atoms. The van der Waals surface area contributed by atoms with Crippen molar-refractivity contribution < 1.29 is 31.3 Å². The summed E-state index contributed by atoms with van der Waals surface area (Å²) in [4.78, 5) is 14.3. The molecule has 11 heteroatoms. The summed E-state index contributed by atoms with van der Waals surface area (Å²) in [5, 5.41) is 4.12. The van der Waals surface area contributed by atoms with E-state index >= 15 is 4.39 Å². The highest BCUT2D eigenvalue weighted by Gasteiger charge is 2.46. The Balaban J connectivity index is 0.975. The van der Waals surface area contributed by atoms with Crippen LogP contribution in [-0.4, -0.2) is 49.1 Å². The molecular weight excluding hydrogens is 598 g/mol. The first-order valence-electron chi connectivity index (χ1n) is 15.0. The van der Waals surface area contributed by atoms with E-state index in [4.69, 9.17) is 20.9 Å². The number of benzene rings is 2. The SMILES string of the molecule is O=C(CCc1ccc(N2C[C@@H]3C[C@H]2C[C@H]3OCc2c(-c3c(F)cccc3Cl)noc2C2CC2)c(F)c1)CS(=O)(=O)C1CC1. The van der Waals surface area contributed by atoms with Gasteiger partial charge in [0.25, 0.3) is 0 Å². The molecule has 43 heavy (non-hydrogen) atoms. The average molecular weight is 631 g/mol. The third kappa shape index (κ3) is 5.85. The number of halogens is 3. The molecule has 7 rings (SSSR count). The van der Waals surface area contributed by atoms with E-state index in [1.165, 1.54) is 12.1 Å². The van der Waals surface area contributed by atoms with Gasteiger partial charge in [0.1, 0.15) is 34.6 Å². The number of Topliss-reactive ketones (excluding diaryl/α,β-unsaturated/α-hetero) is 1. The maximum absolute atomic E-state index is 15.3. The minimum absolute atomic E-state index is 0.0209. The van der Waals surface area contributed by atoms with Crippen molar-refractivity contribution in [3.8, 4) is 11.3 Å². The third-order valence-corrected chi connectivity index (χ3v) is 11.8. The number of nitrogens with zero attached hydrogens (tertiary/aromatic N) is 2. The Kier molecular flexibility index (Phi) is 7.58. The normalized spacial score (nSPS) is 23.3. The molecule has 4 fully saturated rings. The lowest BCUT2D eigenvalue weighted by Gasteiger charge is -2.33. The van der Waals surface area contributed by atoms with Crippen molar-refractivity contribution in [2.75, 3.05) is 17.2 Å². The van der Waals surface area contributed by atoms with Crippen LogP contribution < -0.4 is 4.90 Å². The quantitative estimate of drug-likeness (QED) is 0.228. The monoisotopic (exact) mass is 630 g/mol. The Hall–Kier alpha value is -2.82. The van der Waals surface area contributed by atoms with Gasteiger partial charge in [0, 0.05) is 36.4 Å². The summed E-state index contributed by atoms with van der Waals surface area (Å²) in [7, 11) is -3.33. The number of rotatable bonds is 12. The number of aromatic nitrogens is 1. The molecule has 0 spiro atoms. The number of fused-ring (bicyclic) bond motifs is 2. The van der Waals surface area contributed by atoms with E-state index in [-0.39, 0.29) is 64.4 Å². The fourth-order valence-corrected chi connectivity index (χ4v) is 8.64. The minimum atomic E-state index is -3.33. The molecule has 3 aromatic rings. The molecule has 2 aromatic carbocycles. The number of ketones is 1. The molecule has 3 aliphatic carbocycles. The van der Waals surface area contributed by atoms with Crippen molar-refractivity contribution >= 4 is 32.9 Å². The third-order valence-electron chi connectivity index (χ3n) is 9.29. The molecule has 7 nitrogen and oxygen atoms in total. The molecule has 3 saturated carbocycles. The lowest BCUT2D eigenvalue weighted by molar-refractivity contribution is -0.116. The van der Waals surface area contributed by atoms with Gasteiger partial charge in [-0.25, -0.2) is 17.2 Å². The van der Waals surface area contributed by atoms with Gasteiger partial charge in [-0.2, -0.15) is 0 Å². The summed E-state index contributed by atoms with van der Waals surface area (Å²) >= 11 is 6.35. The summed E-state index contributed by atoms with van der Waals surface area (Å²) in [6, 6.07) is 9.72. The lowest BCUT2D eigenvalue weighted by atomic mass is 10.0. The Morgan fingerprint density at radius 3 is 2.58 bits per heavy atom. The molecule has 0 amide bonds. The first-order valence-corrected chi connectivity index (χ1v) is 17.1. The van der Waals surface area contributed by atoms with Crippen molar-refractivity contribution in [1.29, 1.82) is 0 Å². The lowest BCUT2D eigenvalue weighted by Crippen LogP contribution is -2.39. The van der Waals surface area contributed by atoms with Crippen LogP contribution in [0.3, 0.4) is 0 Å². The number of aryl methyl sites for hydroxylation is 1. The standard InChI is InChI=1S/C32H33ClF2N2O5S/c33-25-2-1-3-26(34)30(25)31-24(32(42-36-31)19-6-7-19)16-41-29-14-21-13-20(29)15-37(21)28-11-5-18(12-27(28)35)4-8-22(38)17-43(39,40)23-9-10-23/h1-3,5,11-12,19-21,23,29H,4,6-10,13-17H2/t20-,21-,29+/m0/s1. The van der Waals surface area contributed by atoms with Gasteiger partial charge < -0.3 is 14.2 Å². The highest BCUT2D eigenvalue weighted by Crippen LogP contribution is 2.47. The number of piperidine rings is 1. The fraction of sp³-hybridized carbons (Fsp3) is 0.500. The van der Waals surface area contributed by atoms with Crippen LogP contribution in [0.25, 0.3) is 11.3 Å². The van der Waals surface area contributed by atoms with E-state index in [2.05, 4.69) is 10.1 Å². The minimum Gasteiger partial charge on any atom is -0.373 e. The van der Waals surface area contributed by atoms with E-state index in [1.54, 1.807) is 18.2 Å². The highest BCUT2D eigenvalue weighted by atomic mass is 35.5. The number of carbonyl (C=O) groups is 1.